The number of nitrogens with zero attached hydrogens (tertiary/aromatic N) is 2. The monoisotopic (exact) mass is 491 g/mol. The van der Waals surface area contributed by atoms with E-state index < -0.39 is 34.3 Å². The van der Waals surface area contributed by atoms with Gasteiger partial charge < -0.3 is 10.2 Å². The third kappa shape index (κ3) is 7.03. The summed E-state index contributed by atoms with van der Waals surface area (Å²) < 4.78 is 39.7. The summed E-state index contributed by atoms with van der Waals surface area (Å²) in [5.41, 5.74) is 1.90. The van der Waals surface area contributed by atoms with E-state index in [1.165, 1.54) is 36.2 Å². The van der Waals surface area contributed by atoms with E-state index in [-0.39, 0.29) is 17.9 Å². The smallest absolute Gasteiger partial charge is 0.244 e. The molecule has 0 fully saturated rings. The Morgan fingerprint density at radius 2 is 1.59 bits per heavy atom. The Balaban J connectivity index is 2.42. The molecule has 34 heavy (non-hydrogen) atoms. The summed E-state index contributed by atoms with van der Waals surface area (Å²) in [7, 11) is -2.32. The van der Waals surface area contributed by atoms with E-state index in [0.29, 0.717) is 17.7 Å². The number of halogens is 1. The Bertz CT molecular complexity index is 1090. The summed E-state index contributed by atoms with van der Waals surface area (Å²) in [6, 6.07) is 11.8. The van der Waals surface area contributed by atoms with Gasteiger partial charge in [-0.25, -0.2) is 12.8 Å². The van der Waals surface area contributed by atoms with Gasteiger partial charge >= 0.3 is 0 Å². The number of nitrogens with one attached hydrogen (secondary N) is 1. The van der Waals surface area contributed by atoms with Crippen LogP contribution >= 0.6 is 0 Å². The van der Waals surface area contributed by atoms with Crippen molar-refractivity contribution in [2.45, 2.75) is 52.1 Å². The zero-order chi connectivity index (χ0) is 25.7. The van der Waals surface area contributed by atoms with Crippen LogP contribution in [0.25, 0.3) is 0 Å². The van der Waals surface area contributed by atoms with Gasteiger partial charge in [0.15, 0.2) is 0 Å². The van der Waals surface area contributed by atoms with Crippen LogP contribution in [0.15, 0.2) is 48.5 Å². The maximum absolute atomic E-state index is 13.5. The first-order valence-corrected chi connectivity index (χ1v) is 13.0. The van der Waals surface area contributed by atoms with Gasteiger partial charge in [0.1, 0.15) is 18.4 Å². The van der Waals surface area contributed by atoms with E-state index in [1.807, 2.05) is 12.1 Å². The molecule has 0 unspecified atom stereocenters. The minimum Gasteiger partial charge on any atom is -0.357 e. The molecule has 0 aliphatic carbocycles. The van der Waals surface area contributed by atoms with Gasteiger partial charge in [-0.2, -0.15) is 0 Å². The van der Waals surface area contributed by atoms with Crippen molar-refractivity contribution in [3.8, 4) is 0 Å². The molecule has 186 valence electrons. The van der Waals surface area contributed by atoms with Crippen molar-refractivity contribution in [2.24, 2.45) is 0 Å². The number of benzene rings is 2. The van der Waals surface area contributed by atoms with E-state index in [9.17, 15) is 22.4 Å². The molecule has 0 heterocycles. The van der Waals surface area contributed by atoms with Gasteiger partial charge in [0.05, 0.1) is 11.9 Å². The number of carbonyl (C=O) groups excluding carboxylic acids is 2. The molecule has 7 nitrogen and oxygen atoms in total. The highest BCUT2D eigenvalue weighted by molar-refractivity contribution is 7.92. The fourth-order valence-electron chi connectivity index (χ4n) is 3.61. The predicted molar refractivity (Wildman–Crippen MR) is 132 cm³/mol. The summed E-state index contributed by atoms with van der Waals surface area (Å²) >= 11 is 0. The molecule has 0 spiro atoms. The second-order valence-electron chi connectivity index (χ2n) is 9.25. The molecule has 1 N–H and O–H groups in total. The highest BCUT2D eigenvalue weighted by atomic mass is 32.2. The molecule has 0 radical (unpaired) electrons. The zero-order valence-corrected chi connectivity index (χ0v) is 21.4. The SMILES string of the molecule is CC[C@H](C(=O)NC)N(Cc1ccc(F)cc1)C(=O)CN(c1ccc(C(C)(C)C)cc1)S(C)(=O)=O. The molecule has 0 aromatic heterocycles. The van der Waals surface area contributed by atoms with Crippen LogP contribution in [0.4, 0.5) is 10.1 Å². The minimum atomic E-state index is -3.80. The Kier molecular flexibility index (Phi) is 8.83. The second kappa shape index (κ2) is 11.0. The van der Waals surface area contributed by atoms with Gasteiger partial charge in [-0.1, -0.05) is 52.0 Å². The van der Waals surface area contributed by atoms with Crippen molar-refractivity contribution in [2.75, 3.05) is 24.2 Å². The molecule has 9 heteroatoms. The summed E-state index contributed by atoms with van der Waals surface area (Å²) in [5.74, 6) is -1.31. The summed E-state index contributed by atoms with van der Waals surface area (Å²) in [5, 5.41) is 2.56. The van der Waals surface area contributed by atoms with Gasteiger partial charge in [-0.3, -0.25) is 13.9 Å². The lowest BCUT2D eigenvalue weighted by atomic mass is 9.87. The van der Waals surface area contributed by atoms with E-state index in [0.717, 1.165) is 16.1 Å². The number of likely N-dealkylation sites (N-methyl/N-ethyl adjacent to an activating group) is 1. The van der Waals surface area contributed by atoms with E-state index in [4.69, 9.17) is 0 Å². The van der Waals surface area contributed by atoms with Gasteiger partial charge in [-0.15, -0.1) is 0 Å². The highest BCUT2D eigenvalue weighted by Gasteiger charge is 2.31. The fourth-order valence-corrected chi connectivity index (χ4v) is 4.46. The lowest BCUT2D eigenvalue weighted by Crippen LogP contribution is -2.51. The first-order valence-electron chi connectivity index (χ1n) is 11.1. The second-order valence-corrected chi connectivity index (χ2v) is 11.2. The molecule has 2 rings (SSSR count). The molecule has 0 saturated carbocycles. The zero-order valence-electron chi connectivity index (χ0n) is 20.6. The van der Waals surface area contributed by atoms with Crippen molar-refractivity contribution in [1.29, 1.82) is 0 Å². The molecule has 0 bridgehead atoms. The van der Waals surface area contributed by atoms with Crippen LogP contribution < -0.4 is 9.62 Å². The standard InChI is InChI=1S/C25H34FN3O4S/c1-7-22(24(31)27-5)28(16-18-8-12-20(26)13-9-18)23(30)17-29(34(6,32)33)21-14-10-19(11-15-21)25(2,3)4/h8-15,22H,7,16-17H2,1-6H3,(H,27,31)/t22-/m1/s1. The average Bonchev–Trinajstić information content (AvgIpc) is 2.77. The first kappa shape index (κ1) is 27.3. The number of carbonyl (C=O) groups is 2. The van der Waals surface area contributed by atoms with Crippen molar-refractivity contribution >= 4 is 27.5 Å². The van der Waals surface area contributed by atoms with Crippen LogP contribution in [0.1, 0.15) is 45.2 Å². The first-order chi connectivity index (χ1) is 15.8. The maximum atomic E-state index is 13.5. The maximum Gasteiger partial charge on any atom is 0.244 e. The highest BCUT2D eigenvalue weighted by Crippen LogP contribution is 2.26. The molecule has 2 amide bonds. The molecule has 0 aliphatic heterocycles. The Labute approximate surface area is 202 Å². The summed E-state index contributed by atoms with van der Waals surface area (Å²) in [4.78, 5) is 27.3. The van der Waals surface area contributed by atoms with E-state index in [2.05, 4.69) is 26.1 Å². The molecule has 1 atom stereocenters. The molecular formula is C25H34FN3O4S. The van der Waals surface area contributed by atoms with Crippen molar-refractivity contribution in [3.63, 3.8) is 0 Å². The van der Waals surface area contributed by atoms with Gasteiger partial charge in [-0.05, 0) is 47.2 Å². The lowest BCUT2D eigenvalue weighted by Gasteiger charge is -2.32. The normalized spacial score (nSPS) is 12.7. The lowest BCUT2D eigenvalue weighted by molar-refractivity contribution is -0.140. The van der Waals surface area contributed by atoms with Crippen LogP contribution in [0, 0.1) is 5.82 Å². The topological polar surface area (TPSA) is 86.8 Å². The van der Waals surface area contributed by atoms with Crippen molar-refractivity contribution in [1.82, 2.24) is 10.2 Å². The molecule has 2 aromatic rings. The third-order valence-corrected chi connectivity index (χ3v) is 6.74. The van der Waals surface area contributed by atoms with Gasteiger partial charge in [0.2, 0.25) is 21.8 Å². The van der Waals surface area contributed by atoms with Gasteiger partial charge in [0, 0.05) is 13.6 Å². The van der Waals surface area contributed by atoms with E-state index >= 15 is 0 Å². The third-order valence-electron chi connectivity index (χ3n) is 5.60. The van der Waals surface area contributed by atoms with Crippen LogP contribution in [-0.4, -0.2) is 51.0 Å². The number of hydrogen-bond donors (Lipinski definition) is 1. The average molecular weight is 492 g/mol. The quantitative estimate of drug-likeness (QED) is 0.582. The van der Waals surface area contributed by atoms with Crippen molar-refractivity contribution < 1.29 is 22.4 Å². The van der Waals surface area contributed by atoms with Crippen LogP contribution in [-0.2, 0) is 31.6 Å². The minimum absolute atomic E-state index is 0.0333. The molecule has 0 saturated heterocycles. The number of sulfonamides is 1. The number of anilines is 1. The Morgan fingerprint density at radius 1 is 1.03 bits per heavy atom. The Morgan fingerprint density at radius 3 is 2.03 bits per heavy atom. The van der Waals surface area contributed by atoms with Crippen molar-refractivity contribution in [3.05, 3.63) is 65.5 Å². The molecule has 0 aliphatic rings. The number of rotatable bonds is 9. The van der Waals surface area contributed by atoms with Crippen LogP contribution in [0.3, 0.4) is 0 Å². The van der Waals surface area contributed by atoms with Crippen LogP contribution in [0.5, 0.6) is 0 Å². The predicted octanol–water partition coefficient (Wildman–Crippen LogP) is 3.44. The summed E-state index contributed by atoms with van der Waals surface area (Å²) in [6.45, 7) is 7.49. The fraction of sp³-hybridized carbons (Fsp3) is 0.440. The number of hydrogen-bond acceptors (Lipinski definition) is 4. The molecule has 2 aromatic carbocycles. The van der Waals surface area contributed by atoms with Gasteiger partial charge in [0.25, 0.3) is 0 Å². The summed E-state index contributed by atoms with van der Waals surface area (Å²) in [6.07, 6.45) is 1.37. The van der Waals surface area contributed by atoms with E-state index in [1.54, 1.807) is 19.1 Å². The largest absolute Gasteiger partial charge is 0.357 e. The number of amides is 2. The Hall–Kier alpha value is -2.94. The molecular weight excluding hydrogens is 457 g/mol. The van der Waals surface area contributed by atoms with Crippen LogP contribution in [0.2, 0.25) is 0 Å².